The Hall–Kier alpha value is -1.77. The van der Waals surface area contributed by atoms with Crippen molar-refractivity contribution in [2.24, 2.45) is 5.41 Å². The van der Waals surface area contributed by atoms with Gasteiger partial charge in [0.25, 0.3) is 0 Å². The van der Waals surface area contributed by atoms with Gasteiger partial charge in [0, 0.05) is 29.5 Å². The van der Waals surface area contributed by atoms with Crippen molar-refractivity contribution in [1.82, 2.24) is 4.98 Å². The van der Waals surface area contributed by atoms with E-state index in [1.807, 2.05) is 18.3 Å². The van der Waals surface area contributed by atoms with Crippen molar-refractivity contribution < 1.29 is 0 Å². The molecule has 0 spiro atoms. The molecule has 1 aromatic heterocycles. The Morgan fingerprint density at radius 3 is 2.84 bits per heavy atom. The maximum atomic E-state index is 5.81. The van der Waals surface area contributed by atoms with E-state index in [0.717, 1.165) is 23.1 Å². The lowest BCUT2D eigenvalue weighted by Gasteiger charge is -2.41. The molecule has 19 heavy (non-hydrogen) atoms. The molecule has 0 atom stereocenters. The number of benzene rings is 1. The van der Waals surface area contributed by atoms with E-state index in [2.05, 4.69) is 29.4 Å². The van der Waals surface area contributed by atoms with Gasteiger partial charge in [-0.05, 0) is 48.9 Å². The highest BCUT2D eigenvalue weighted by molar-refractivity contribution is 5.92. The molecule has 3 rings (SSSR count). The summed E-state index contributed by atoms with van der Waals surface area (Å²) in [4.78, 5) is 4.38. The van der Waals surface area contributed by atoms with Crippen molar-refractivity contribution in [2.75, 3.05) is 17.6 Å². The van der Waals surface area contributed by atoms with E-state index in [1.165, 1.54) is 31.4 Å². The summed E-state index contributed by atoms with van der Waals surface area (Å²) in [6.07, 6.45) is 7.20. The molecule has 0 bridgehead atoms. The number of anilines is 2. The molecule has 3 heteroatoms. The van der Waals surface area contributed by atoms with Gasteiger partial charge in [0.15, 0.2) is 0 Å². The lowest BCUT2D eigenvalue weighted by molar-refractivity contribution is 0.145. The summed E-state index contributed by atoms with van der Waals surface area (Å²) in [5.74, 6) is 0. The molecule has 1 aliphatic carbocycles. The van der Waals surface area contributed by atoms with Gasteiger partial charge < -0.3 is 11.1 Å². The molecule has 0 saturated heterocycles. The standard InChI is InChI=1S/C16H21N3/c1-2-16(7-3-8-16)11-19-14-6-9-18-15-10-12(17)4-5-13(14)15/h4-6,9-10H,2-3,7-8,11,17H2,1H3,(H,18,19). The second-order valence-corrected chi connectivity index (χ2v) is 5.70. The van der Waals surface area contributed by atoms with E-state index in [4.69, 9.17) is 5.73 Å². The quantitative estimate of drug-likeness (QED) is 0.817. The predicted octanol–water partition coefficient (Wildman–Crippen LogP) is 3.81. The smallest absolute Gasteiger partial charge is 0.0743 e. The van der Waals surface area contributed by atoms with Crippen LogP contribution in [0.15, 0.2) is 30.5 Å². The minimum atomic E-state index is 0.517. The van der Waals surface area contributed by atoms with Gasteiger partial charge in [-0.3, -0.25) is 4.98 Å². The second kappa shape index (κ2) is 4.72. The Balaban J connectivity index is 1.84. The Morgan fingerprint density at radius 2 is 2.16 bits per heavy atom. The summed E-state index contributed by atoms with van der Waals surface area (Å²) >= 11 is 0. The summed E-state index contributed by atoms with van der Waals surface area (Å²) in [6.45, 7) is 3.36. The molecule has 1 saturated carbocycles. The van der Waals surface area contributed by atoms with Gasteiger partial charge in [-0.25, -0.2) is 0 Å². The van der Waals surface area contributed by atoms with E-state index in [9.17, 15) is 0 Å². The van der Waals surface area contributed by atoms with Gasteiger partial charge in [-0.2, -0.15) is 0 Å². The molecule has 3 nitrogen and oxygen atoms in total. The normalized spacial score (nSPS) is 17.1. The molecule has 1 fully saturated rings. The van der Waals surface area contributed by atoms with Crippen LogP contribution in [-0.2, 0) is 0 Å². The number of nitrogens with one attached hydrogen (secondary N) is 1. The molecule has 100 valence electrons. The maximum absolute atomic E-state index is 5.81. The van der Waals surface area contributed by atoms with Crippen molar-refractivity contribution in [3.8, 4) is 0 Å². The Bertz CT molecular complexity index is 582. The van der Waals surface area contributed by atoms with Crippen molar-refractivity contribution >= 4 is 22.3 Å². The van der Waals surface area contributed by atoms with Crippen molar-refractivity contribution in [2.45, 2.75) is 32.6 Å². The molecule has 1 aliphatic rings. The van der Waals surface area contributed by atoms with Gasteiger partial charge >= 0.3 is 0 Å². The molecule has 0 radical (unpaired) electrons. The first-order chi connectivity index (χ1) is 9.22. The largest absolute Gasteiger partial charge is 0.399 e. The zero-order valence-corrected chi connectivity index (χ0v) is 11.4. The number of pyridine rings is 1. The first-order valence-corrected chi connectivity index (χ1v) is 7.11. The highest BCUT2D eigenvalue weighted by Gasteiger charge is 2.34. The minimum absolute atomic E-state index is 0.517. The summed E-state index contributed by atoms with van der Waals surface area (Å²) in [5.41, 5.74) is 9.22. The molecule has 0 amide bonds. The molecule has 1 aromatic carbocycles. The summed E-state index contributed by atoms with van der Waals surface area (Å²) in [5, 5.41) is 4.77. The monoisotopic (exact) mass is 255 g/mol. The van der Waals surface area contributed by atoms with Gasteiger partial charge in [0.2, 0.25) is 0 Å². The molecular weight excluding hydrogens is 234 g/mol. The zero-order chi connectivity index (χ0) is 13.3. The maximum Gasteiger partial charge on any atom is 0.0743 e. The molecule has 2 aromatic rings. The van der Waals surface area contributed by atoms with E-state index in [-0.39, 0.29) is 0 Å². The van der Waals surface area contributed by atoms with Crippen LogP contribution in [0.4, 0.5) is 11.4 Å². The van der Waals surface area contributed by atoms with E-state index in [0.29, 0.717) is 5.41 Å². The number of hydrogen-bond donors (Lipinski definition) is 2. The Labute approximate surface area is 114 Å². The van der Waals surface area contributed by atoms with Crippen LogP contribution in [0, 0.1) is 5.41 Å². The number of nitrogens with two attached hydrogens (primary N) is 1. The minimum Gasteiger partial charge on any atom is -0.399 e. The number of fused-ring (bicyclic) bond motifs is 1. The fraction of sp³-hybridized carbons (Fsp3) is 0.438. The lowest BCUT2D eigenvalue weighted by Crippen LogP contribution is -2.35. The van der Waals surface area contributed by atoms with Crippen LogP contribution in [0.5, 0.6) is 0 Å². The average molecular weight is 255 g/mol. The third-order valence-electron chi connectivity index (χ3n) is 4.58. The Kier molecular flexibility index (Phi) is 3.05. The Morgan fingerprint density at radius 1 is 1.32 bits per heavy atom. The first kappa shape index (κ1) is 12.3. The van der Waals surface area contributed by atoms with Crippen LogP contribution < -0.4 is 11.1 Å². The number of nitrogen functional groups attached to an aromatic ring is 1. The van der Waals surface area contributed by atoms with Crippen LogP contribution in [0.1, 0.15) is 32.6 Å². The van der Waals surface area contributed by atoms with Crippen LogP contribution in [-0.4, -0.2) is 11.5 Å². The third-order valence-corrected chi connectivity index (χ3v) is 4.58. The van der Waals surface area contributed by atoms with Crippen LogP contribution >= 0.6 is 0 Å². The summed E-state index contributed by atoms with van der Waals surface area (Å²) < 4.78 is 0. The number of aromatic nitrogens is 1. The van der Waals surface area contributed by atoms with Crippen molar-refractivity contribution in [3.05, 3.63) is 30.5 Å². The lowest BCUT2D eigenvalue weighted by atomic mass is 9.67. The molecular formula is C16H21N3. The van der Waals surface area contributed by atoms with E-state index < -0.39 is 0 Å². The van der Waals surface area contributed by atoms with E-state index in [1.54, 1.807) is 0 Å². The third kappa shape index (κ3) is 2.25. The number of hydrogen-bond acceptors (Lipinski definition) is 3. The zero-order valence-electron chi connectivity index (χ0n) is 11.4. The van der Waals surface area contributed by atoms with Gasteiger partial charge in [-0.15, -0.1) is 0 Å². The molecule has 0 unspecified atom stereocenters. The molecule has 3 N–H and O–H groups in total. The molecule has 1 heterocycles. The van der Waals surface area contributed by atoms with Gasteiger partial charge in [-0.1, -0.05) is 13.3 Å². The topological polar surface area (TPSA) is 50.9 Å². The summed E-state index contributed by atoms with van der Waals surface area (Å²) in [7, 11) is 0. The van der Waals surface area contributed by atoms with Crippen molar-refractivity contribution in [1.29, 1.82) is 0 Å². The number of nitrogens with zero attached hydrogens (tertiary/aromatic N) is 1. The molecule has 0 aliphatic heterocycles. The SMILES string of the molecule is CCC1(CNc2ccnc3cc(N)ccc23)CCC1. The van der Waals surface area contributed by atoms with Gasteiger partial charge in [0.05, 0.1) is 5.52 Å². The highest BCUT2D eigenvalue weighted by Crippen LogP contribution is 2.43. The predicted molar refractivity (Wildman–Crippen MR) is 81.2 cm³/mol. The van der Waals surface area contributed by atoms with Crippen LogP contribution in [0.3, 0.4) is 0 Å². The van der Waals surface area contributed by atoms with Crippen molar-refractivity contribution in [3.63, 3.8) is 0 Å². The number of rotatable bonds is 4. The van der Waals surface area contributed by atoms with Crippen LogP contribution in [0.2, 0.25) is 0 Å². The van der Waals surface area contributed by atoms with E-state index >= 15 is 0 Å². The fourth-order valence-corrected chi connectivity index (χ4v) is 2.93. The van der Waals surface area contributed by atoms with Gasteiger partial charge in [0.1, 0.15) is 0 Å². The first-order valence-electron chi connectivity index (χ1n) is 7.11. The summed E-state index contributed by atoms with van der Waals surface area (Å²) in [6, 6.07) is 7.98. The van der Waals surface area contributed by atoms with Crippen LogP contribution in [0.25, 0.3) is 10.9 Å². The highest BCUT2D eigenvalue weighted by atomic mass is 14.9. The average Bonchev–Trinajstić information content (AvgIpc) is 2.37. The second-order valence-electron chi connectivity index (χ2n) is 5.70. The fourth-order valence-electron chi connectivity index (χ4n) is 2.93.